The van der Waals surface area contributed by atoms with Gasteiger partial charge >= 0.3 is 6.18 Å². The molecule has 0 saturated heterocycles. The van der Waals surface area contributed by atoms with Crippen molar-refractivity contribution in [3.63, 3.8) is 0 Å². The van der Waals surface area contributed by atoms with E-state index in [1.807, 2.05) is 42.5 Å². The van der Waals surface area contributed by atoms with Crippen molar-refractivity contribution in [1.29, 1.82) is 0 Å². The van der Waals surface area contributed by atoms with Crippen molar-refractivity contribution in [3.8, 4) is 0 Å². The number of anilines is 1. The predicted molar refractivity (Wildman–Crippen MR) is 107 cm³/mol. The molecule has 3 aromatic rings. The second-order valence-corrected chi connectivity index (χ2v) is 7.40. The summed E-state index contributed by atoms with van der Waals surface area (Å²) < 4.78 is 38.8. The van der Waals surface area contributed by atoms with Crippen LogP contribution in [0.1, 0.15) is 21.5 Å². The van der Waals surface area contributed by atoms with Crippen LogP contribution in [-0.4, -0.2) is 5.91 Å². The summed E-state index contributed by atoms with van der Waals surface area (Å²) in [6.07, 6.45) is -4.59. The number of alkyl halides is 3. The van der Waals surface area contributed by atoms with Gasteiger partial charge in [-0.05, 0) is 48.0 Å². The average molecular weight is 422 g/mol. The molecular formula is C21H15ClF3NOS. The van der Waals surface area contributed by atoms with E-state index in [2.05, 4.69) is 5.32 Å². The summed E-state index contributed by atoms with van der Waals surface area (Å²) >= 11 is 7.27. The summed E-state index contributed by atoms with van der Waals surface area (Å²) in [5.41, 5.74) is 0.443. The Labute approximate surface area is 169 Å². The van der Waals surface area contributed by atoms with Gasteiger partial charge in [0.1, 0.15) is 0 Å². The second-order valence-electron chi connectivity index (χ2n) is 5.95. The number of hydrogen-bond acceptors (Lipinski definition) is 2. The summed E-state index contributed by atoms with van der Waals surface area (Å²) in [7, 11) is 0. The van der Waals surface area contributed by atoms with Crippen LogP contribution in [-0.2, 0) is 11.9 Å². The highest BCUT2D eigenvalue weighted by molar-refractivity contribution is 7.98. The minimum Gasteiger partial charge on any atom is -0.322 e. The molecule has 0 aliphatic heterocycles. The second kappa shape index (κ2) is 8.71. The number of thioether (sulfide) groups is 1. The van der Waals surface area contributed by atoms with Crippen LogP contribution in [0.2, 0.25) is 5.02 Å². The van der Waals surface area contributed by atoms with Crippen LogP contribution in [0.25, 0.3) is 0 Å². The van der Waals surface area contributed by atoms with Gasteiger partial charge in [0.05, 0.1) is 10.6 Å². The molecule has 0 bridgehead atoms. The molecule has 0 saturated carbocycles. The fourth-order valence-corrected chi connectivity index (χ4v) is 3.56. The van der Waals surface area contributed by atoms with Gasteiger partial charge in [-0.2, -0.15) is 13.2 Å². The monoisotopic (exact) mass is 421 g/mol. The largest absolute Gasteiger partial charge is 0.417 e. The molecule has 1 N–H and O–H groups in total. The number of hydrogen-bond donors (Lipinski definition) is 1. The summed E-state index contributed by atoms with van der Waals surface area (Å²) in [4.78, 5) is 13.5. The van der Waals surface area contributed by atoms with Gasteiger partial charge in [0.2, 0.25) is 0 Å². The van der Waals surface area contributed by atoms with Crippen LogP contribution in [0, 0.1) is 0 Å². The van der Waals surface area contributed by atoms with E-state index < -0.39 is 22.7 Å². The molecule has 3 aromatic carbocycles. The molecule has 144 valence electrons. The first-order valence-electron chi connectivity index (χ1n) is 8.28. The number of amides is 1. The lowest BCUT2D eigenvalue weighted by molar-refractivity contribution is -0.137. The lowest BCUT2D eigenvalue weighted by atomic mass is 10.1. The van der Waals surface area contributed by atoms with Gasteiger partial charge in [-0.25, -0.2) is 0 Å². The van der Waals surface area contributed by atoms with Crippen molar-refractivity contribution in [2.24, 2.45) is 0 Å². The van der Waals surface area contributed by atoms with Gasteiger partial charge in [0.15, 0.2) is 0 Å². The average Bonchev–Trinajstić information content (AvgIpc) is 2.68. The third-order valence-electron chi connectivity index (χ3n) is 3.89. The van der Waals surface area contributed by atoms with E-state index in [4.69, 9.17) is 11.6 Å². The van der Waals surface area contributed by atoms with Crippen molar-refractivity contribution in [1.82, 2.24) is 0 Å². The molecule has 0 heterocycles. The minimum absolute atomic E-state index is 0.0328. The van der Waals surface area contributed by atoms with Crippen molar-refractivity contribution in [3.05, 3.63) is 94.5 Å². The maximum Gasteiger partial charge on any atom is 0.417 e. The Kier molecular flexibility index (Phi) is 6.31. The Bertz CT molecular complexity index is 960. The molecule has 2 nitrogen and oxygen atoms in total. The van der Waals surface area contributed by atoms with Crippen LogP contribution >= 0.6 is 23.4 Å². The minimum atomic E-state index is -4.59. The number of nitrogens with one attached hydrogen (secondary N) is 1. The highest BCUT2D eigenvalue weighted by Gasteiger charge is 2.33. The maximum atomic E-state index is 12.9. The van der Waals surface area contributed by atoms with Crippen molar-refractivity contribution in [2.45, 2.75) is 16.8 Å². The Morgan fingerprint density at radius 2 is 1.64 bits per heavy atom. The quantitative estimate of drug-likeness (QED) is 0.454. The topological polar surface area (TPSA) is 29.1 Å². The smallest absolute Gasteiger partial charge is 0.322 e. The van der Waals surface area contributed by atoms with Crippen molar-refractivity contribution >= 4 is 35.0 Å². The lowest BCUT2D eigenvalue weighted by Crippen LogP contribution is -2.13. The first-order valence-corrected chi connectivity index (χ1v) is 9.64. The molecule has 0 radical (unpaired) electrons. The molecular weight excluding hydrogens is 407 g/mol. The molecule has 3 rings (SSSR count). The molecule has 0 unspecified atom stereocenters. The van der Waals surface area contributed by atoms with E-state index >= 15 is 0 Å². The molecule has 0 aliphatic carbocycles. The van der Waals surface area contributed by atoms with E-state index in [1.165, 1.54) is 6.07 Å². The summed E-state index contributed by atoms with van der Waals surface area (Å²) in [6, 6.07) is 20.2. The Hall–Kier alpha value is -2.44. The summed E-state index contributed by atoms with van der Waals surface area (Å²) in [5.74, 6) is 0.260. The maximum absolute atomic E-state index is 12.9. The third-order valence-corrected chi connectivity index (χ3v) is 5.31. The zero-order valence-electron chi connectivity index (χ0n) is 14.5. The van der Waals surface area contributed by atoms with Crippen LogP contribution in [0.4, 0.5) is 18.9 Å². The number of carbonyl (C=O) groups excluding carboxylic acids is 1. The zero-order valence-corrected chi connectivity index (χ0v) is 16.0. The molecule has 0 spiro atoms. The number of rotatable bonds is 5. The number of benzene rings is 3. The Balaban J connectivity index is 1.65. The van der Waals surface area contributed by atoms with Crippen molar-refractivity contribution < 1.29 is 18.0 Å². The number of halogens is 4. The SMILES string of the molecule is O=C(Nc1ccc(Cl)c(C(F)(F)F)c1)c1ccc(CSc2ccccc2)cc1. The fourth-order valence-electron chi connectivity index (χ4n) is 2.46. The Morgan fingerprint density at radius 1 is 0.964 bits per heavy atom. The zero-order chi connectivity index (χ0) is 20.1. The van der Waals surface area contributed by atoms with Crippen LogP contribution in [0.15, 0.2) is 77.7 Å². The lowest BCUT2D eigenvalue weighted by Gasteiger charge is -2.12. The van der Waals surface area contributed by atoms with Crippen LogP contribution < -0.4 is 5.32 Å². The molecule has 7 heteroatoms. The van der Waals surface area contributed by atoms with Gasteiger partial charge in [0, 0.05) is 21.9 Å². The van der Waals surface area contributed by atoms with E-state index in [0.717, 1.165) is 28.3 Å². The predicted octanol–water partition coefficient (Wildman–Crippen LogP) is 6.90. The summed E-state index contributed by atoms with van der Waals surface area (Å²) in [6.45, 7) is 0. The van der Waals surface area contributed by atoms with E-state index in [-0.39, 0.29) is 5.69 Å². The molecule has 28 heavy (non-hydrogen) atoms. The molecule has 0 fully saturated rings. The summed E-state index contributed by atoms with van der Waals surface area (Å²) in [5, 5.41) is 2.06. The fraction of sp³-hybridized carbons (Fsp3) is 0.0952. The molecule has 0 aliphatic rings. The van der Waals surface area contributed by atoms with E-state index in [0.29, 0.717) is 5.56 Å². The first kappa shape index (κ1) is 20.3. The third kappa shape index (κ3) is 5.30. The Morgan fingerprint density at radius 3 is 2.29 bits per heavy atom. The van der Waals surface area contributed by atoms with Crippen molar-refractivity contribution in [2.75, 3.05) is 5.32 Å². The van der Waals surface area contributed by atoms with Crippen LogP contribution in [0.3, 0.4) is 0 Å². The van der Waals surface area contributed by atoms with Gasteiger partial charge in [-0.1, -0.05) is 41.9 Å². The number of carbonyl (C=O) groups is 1. The normalized spacial score (nSPS) is 11.3. The standard InChI is InChI=1S/C21H15ClF3NOS/c22-19-11-10-16(12-18(19)21(23,24)25)26-20(27)15-8-6-14(7-9-15)13-28-17-4-2-1-3-5-17/h1-12H,13H2,(H,26,27). The van der Waals surface area contributed by atoms with Gasteiger partial charge in [-0.3, -0.25) is 4.79 Å². The highest BCUT2D eigenvalue weighted by Crippen LogP contribution is 2.36. The van der Waals surface area contributed by atoms with E-state index in [9.17, 15) is 18.0 Å². The first-order chi connectivity index (χ1) is 13.3. The highest BCUT2D eigenvalue weighted by atomic mass is 35.5. The van der Waals surface area contributed by atoms with Gasteiger partial charge < -0.3 is 5.32 Å². The molecule has 1 amide bonds. The molecule has 0 aromatic heterocycles. The molecule has 0 atom stereocenters. The van der Waals surface area contributed by atoms with Gasteiger partial charge in [0.25, 0.3) is 5.91 Å². The van der Waals surface area contributed by atoms with E-state index in [1.54, 1.807) is 23.9 Å². The van der Waals surface area contributed by atoms with Crippen LogP contribution in [0.5, 0.6) is 0 Å². The van der Waals surface area contributed by atoms with Gasteiger partial charge in [-0.15, -0.1) is 11.8 Å².